The van der Waals surface area contributed by atoms with Gasteiger partial charge in [0.05, 0.1) is 6.04 Å². The highest BCUT2D eigenvalue weighted by Gasteiger charge is 2.25. The van der Waals surface area contributed by atoms with Gasteiger partial charge in [-0.25, -0.2) is 4.98 Å². The summed E-state index contributed by atoms with van der Waals surface area (Å²) in [6.07, 6.45) is 4.89. The molecule has 1 aliphatic rings. The third-order valence-corrected chi connectivity index (χ3v) is 4.89. The number of H-pyrrole nitrogens is 1. The first-order valence-electron chi connectivity index (χ1n) is 7.75. The highest BCUT2D eigenvalue weighted by Crippen LogP contribution is 2.25. The van der Waals surface area contributed by atoms with Crippen LogP contribution < -0.4 is 5.32 Å². The lowest BCUT2D eigenvalue weighted by atomic mass is 10.0. The third kappa shape index (κ3) is 3.86. The highest BCUT2D eigenvalue weighted by atomic mass is 32.2. The Labute approximate surface area is 134 Å². The predicted molar refractivity (Wildman–Crippen MR) is 85.4 cm³/mol. The Morgan fingerprint density at radius 3 is 3.09 bits per heavy atom. The molecule has 1 fully saturated rings. The molecule has 0 unspecified atom stereocenters. The maximum atomic E-state index is 5.47. The average Bonchev–Trinajstić information content (AvgIpc) is 3.18. The molecule has 0 saturated carbocycles. The SMILES string of the molecule is CC(C)C[C@@H](N[C@@H]1CCCSC1)c1nc(-c2ncn[nH]2)no1. The molecule has 3 heterocycles. The van der Waals surface area contributed by atoms with Gasteiger partial charge in [-0.3, -0.25) is 5.10 Å². The van der Waals surface area contributed by atoms with E-state index in [4.69, 9.17) is 4.52 Å². The second-order valence-electron chi connectivity index (χ2n) is 6.05. The van der Waals surface area contributed by atoms with E-state index in [1.54, 1.807) is 0 Å². The van der Waals surface area contributed by atoms with Crippen LogP contribution in [0, 0.1) is 5.92 Å². The topological polar surface area (TPSA) is 92.5 Å². The fourth-order valence-corrected chi connectivity index (χ4v) is 3.74. The number of aromatic amines is 1. The van der Waals surface area contributed by atoms with E-state index in [1.165, 1.54) is 24.9 Å². The lowest BCUT2D eigenvalue weighted by Crippen LogP contribution is -2.37. The van der Waals surface area contributed by atoms with Crippen molar-refractivity contribution in [3.63, 3.8) is 0 Å². The average molecular weight is 322 g/mol. The molecule has 3 rings (SSSR count). The van der Waals surface area contributed by atoms with Gasteiger partial charge in [0.2, 0.25) is 11.7 Å². The summed E-state index contributed by atoms with van der Waals surface area (Å²) in [5.41, 5.74) is 0. The van der Waals surface area contributed by atoms with E-state index in [0.717, 1.165) is 12.2 Å². The van der Waals surface area contributed by atoms with Crippen molar-refractivity contribution in [3.8, 4) is 11.6 Å². The molecule has 22 heavy (non-hydrogen) atoms. The molecule has 0 radical (unpaired) electrons. The van der Waals surface area contributed by atoms with Crippen molar-refractivity contribution in [2.24, 2.45) is 5.92 Å². The van der Waals surface area contributed by atoms with E-state index < -0.39 is 0 Å². The molecule has 0 bridgehead atoms. The van der Waals surface area contributed by atoms with Crippen LogP contribution in [0.4, 0.5) is 0 Å². The summed E-state index contributed by atoms with van der Waals surface area (Å²) >= 11 is 2.01. The standard InChI is InChI=1S/C14H22N6OS/c1-9(2)6-11(17-10-4-3-5-22-7-10)14-18-13(20-21-14)12-15-8-16-19-12/h8-11,17H,3-7H2,1-2H3,(H,15,16,19)/t10-,11-/m1/s1. The summed E-state index contributed by atoms with van der Waals surface area (Å²) in [6.45, 7) is 4.41. The van der Waals surface area contributed by atoms with Crippen LogP contribution in [0.5, 0.6) is 0 Å². The van der Waals surface area contributed by atoms with Crippen molar-refractivity contribution in [1.29, 1.82) is 0 Å². The van der Waals surface area contributed by atoms with Crippen molar-refractivity contribution in [2.45, 2.75) is 45.2 Å². The van der Waals surface area contributed by atoms with Crippen LogP contribution in [0.15, 0.2) is 10.9 Å². The first-order valence-corrected chi connectivity index (χ1v) is 8.91. The molecule has 8 heteroatoms. The van der Waals surface area contributed by atoms with Gasteiger partial charge in [-0.15, -0.1) is 0 Å². The van der Waals surface area contributed by atoms with E-state index in [0.29, 0.717) is 29.5 Å². The number of hydrogen-bond donors (Lipinski definition) is 2. The summed E-state index contributed by atoms with van der Waals surface area (Å²) in [7, 11) is 0. The van der Waals surface area contributed by atoms with Gasteiger partial charge < -0.3 is 9.84 Å². The van der Waals surface area contributed by atoms with Crippen LogP contribution in [0.25, 0.3) is 11.6 Å². The summed E-state index contributed by atoms with van der Waals surface area (Å²) in [5, 5.41) is 14.3. The first kappa shape index (κ1) is 15.5. The Hall–Kier alpha value is -1.41. The van der Waals surface area contributed by atoms with Gasteiger partial charge in [-0.1, -0.05) is 19.0 Å². The van der Waals surface area contributed by atoms with Gasteiger partial charge in [0.1, 0.15) is 6.33 Å². The highest BCUT2D eigenvalue weighted by molar-refractivity contribution is 7.99. The zero-order chi connectivity index (χ0) is 15.4. The molecule has 0 aliphatic carbocycles. The van der Waals surface area contributed by atoms with Gasteiger partial charge >= 0.3 is 0 Å². The van der Waals surface area contributed by atoms with Crippen LogP contribution in [0.2, 0.25) is 0 Å². The van der Waals surface area contributed by atoms with Gasteiger partial charge in [-0.2, -0.15) is 21.8 Å². The normalized spacial score (nSPS) is 20.4. The Kier molecular flexibility index (Phi) is 5.09. The second-order valence-corrected chi connectivity index (χ2v) is 7.20. The van der Waals surface area contributed by atoms with Crippen LogP contribution in [-0.2, 0) is 0 Å². The van der Waals surface area contributed by atoms with E-state index in [1.807, 2.05) is 11.8 Å². The van der Waals surface area contributed by atoms with Crippen LogP contribution in [-0.4, -0.2) is 42.9 Å². The molecule has 0 aromatic carbocycles. The molecular formula is C14H22N6OS. The number of rotatable bonds is 6. The van der Waals surface area contributed by atoms with Crippen molar-refractivity contribution in [1.82, 2.24) is 30.6 Å². The summed E-state index contributed by atoms with van der Waals surface area (Å²) in [5.74, 6) is 4.60. The Balaban J connectivity index is 1.73. The van der Waals surface area contributed by atoms with E-state index in [9.17, 15) is 0 Å². The maximum Gasteiger partial charge on any atom is 0.244 e. The molecule has 0 spiro atoms. The Bertz CT molecular complexity index is 564. The van der Waals surface area contributed by atoms with Gasteiger partial charge in [0.25, 0.3) is 0 Å². The fraction of sp³-hybridized carbons (Fsp3) is 0.714. The van der Waals surface area contributed by atoms with Crippen LogP contribution in [0.1, 0.15) is 45.0 Å². The van der Waals surface area contributed by atoms with Gasteiger partial charge in [0.15, 0.2) is 5.82 Å². The lowest BCUT2D eigenvalue weighted by molar-refractivity contribution is 0.285. The van der Waals surface area contributed by atoms with E-state index in [2.05, 4.69) is 44.5 Å². The van der Waals surface area contributed by atoms with Crippen molar-refractivity contribution < 1.29 is 4.52 Å². The van der Waals surface area contributed by atoms with Crippen molar-refractivity contribution in [2.75, 3.05) is 11.5 Å². The van der Waals surface area contributed by atoms with E-state index in [-0.39, 0.29) is 6.04 Å². The smallest absolute Gasteiger partial charge is 0.244 e. The van der Waals surface area contributed by atoms with Crippen molar-refractivity contribution in [3.05, 3.63) is 12.2 Å². The number of nitrogens with zero attached hydrogens (tertiary/aromatic N) is 4. The van der Waals surface area contributed by atoms with Crippen LogP contribution in [0.3, 0.4) is 0 Å². The molecule has 2 aromatic heterocycles. The monoisotopic (exact) mass is 322 g/mol. The quantitative estimate of drug-likeness (QED) is 0.843. The Morgan fingerprint density at radius 1 is 1.50 bits per heavy atom. The number of thioether (sulfide) groups is 1. The van der Waals surface area contributed by atoms with Gasteiger partial charge in [-0.05, 0) is 30.9 Å². The Morgan fingerprint density at radius 2 is 2.41 bits per heavy atom. The van der Waals surface area contributed by atoms with Crippen molar-refractivity contribution >= 4 is 11.8 Å². The molecule has 1 saturated heterocycles. The molecule has 2 N–H and O–H groups in total. The number of aromatic nitrogens is 5. The minimum Gasteiger partial charge on any atom is -0.337 e. The molecular weight excluding hydrogens is 300 g/mol. The molecule has 2 atom stereocenters. The lowest BCUT2D eigenvalue weighted by Gasteiger charge is -2.27. The zero-order valence-corrected chi connectivity index (χ0v) is 13.8. The second kappa shape index (κ2) is 7.23. The summed E-state index contributed by atoms with van der Waals surface area (Å²) in [6, 6.07) is 0.607. The largest absolute Gasteiger partial charge is 0.337 e. The maximum absolute atomic E-state index is 5.47. The summed E-state index contributed by atoms with van der Waals surface area (Å²) in [4.78, 5) is 8.55. The minimum atomic E-state index is 0.0906. The first-order chi connectivity index (χ1) is 10.7. The molecule has 1 aliphatic heterocycles. The zero-order valence-electron chi connectivity index (χ0n) is 13.0. The van der Waals surface area contributed by atoms with Crippen LogP contribution >= 0.6 is 11.8 Å². The minimum absolute atomic E-state index is 0.0906. The number of hydrogen-bond acceptors (Lipinski definition) is 7. The molecule has 7 nitrogen and oxygen atoms in total. The molecule has 2 aromatic rings. The fourth-order valence-electron chi connectivity index (χ4n) is 2.65. The summed E-state index contributed by atoms with van der Waals surface area (Å²) < 4.78 is 5.47. The van der Waals surface area contributed by atoms with E-state index >= 15 is 0 Å². The predicted octanol–water partition coefficient (Wildman–Crippen LogP) is 2.43. The molecule has 120 valence electrons. The number of nitrogens with one attached hydrogen (secondary N) is 2. The third-order valence-electron chi connectivity index (χ3n) is 3.67. The molecule has 0 amide bonds. The van der Waals surface area contributed by atoms with Gasteiger partial charge in [0, 0.05) is 11.8 Å².